The first-order chi connectivity index (χ1) is 9.67. The van der Waals surface area contributed by atoms with Crippen molar-refractivity contribution in [3.63, 3.8) is 0 Å². The van der Waals surface area contributed by atoms with Crippen LogP contribution in [0.1, 0.15) is 40.7 Å². The van der Waals surface area contributed by atoms with Crippen LogP contribution in [-0.4, -0.2) is 15.6 Å². The van der Waals surface area contributed by atoms with Gasteiger partial charge in [0.15, 0.2) is 5.78 Å². The van der Waals surface area contributed by atoms with Gasteiger partial charge in [0.2, 0.25) is 0 Å². The zero-order valence-electron chi connectivity index (χ0n) is 11.8. The second-order valence-electron chi connectivity index (χ2n) is 5.13. The van der Waals surface area contributed by atoms with Crippen LogP contribution in [0.4, 0.5) is 0 Å². The summed E-state index contributed by atoms with van der Waals surface area (Å²) in [7, 11) is 1.93. The number of hydrogen-bond acceptors (Lipinski definition) is 3. The Morgan fingerprint density at radius 1 is 1.30 bits per heavy atom. The van der Waals surface area contributed by atoms with Crippen LogP contribution in [0.3, 0.4) is 0 Å². The lowest BCUT2D eigenvalue weighted by molar-refractivity contribution is 0.0994. The molecular formula is C16H18N2O2. The third-order valence-corrected chi connectivity index (χ3v) is 3.77. The molecule has 4 nitrogen and oxygen atoms in total. The molecule has 0 spiro atoms. The molecule has 4 heteroatoms. The number of fused-ring (bicyclic) bond motifs is 1. The molecule has 3 rings (SSSR count). The predicted molar refractivity (Wildman–Crippen MR) is 76.0 cm³/mol. The van der Waals surface area contributed by atoms with E-state index in [0.29, 0.717) is 13.0 Å². The molecule has 0 aliphatic heterocycles. The monoisotopic (exact) mass is 270 g/mol. The van der Waals surface area contributed by atoms with Crippen molar-refractivity contribution < 1.29 is 9.53 Å². The van der Waals surface area contributed by atoms with E-state index in [1.54, 1.807) is 0 Å². The number of aryl methyl sites for hydroxylation is 3. The first kappa shape index (κ1) is 12.9. The fourth-order valence-corrected chi connectivity index (χ4v) is 2.56. The van der Waals surface area contributed by atoms with E-state index in [0.717, 1.165) is 41.1 Å². The van der Waals surface area contributed by atoms with Crippen LogP contribution in [0.5, 0.6) is 5.75 Å². The number of nitrogens with zero attached hydrogens (tertiary/aromatic N) is 2. The van der Waals surface area contributed by atoms with Crippen molar-refractivity contribution in [3.8, 4) is 5.75 Å². The van der Waals surface area contributed by atoms with Gasteiger partial charge in [0.05, 0.1) is 11.4 Å². The minimum absolute atomic E-state index is 0.241. The number of benzene rings is 1. The molecule has 0 N–H and O–H groups in total. The van der Waals surface area contributed by atoms with Crippen molar-refractivity contribution >= 4 is 5.78 Å². The van der Waals surface area contributed by atoms with Crippen molar-refractivity contribution in [1.82, 2.24) is 9.78 Å². The third kappa shape index (κ3) is 2.33. The van der Waals surface area contributed by atoms with Crippen LogP contribution in [0, 0.1) is 0 Å². The average molecular weight is 270 g/mol. The van der Waals surface area contributed by atoms with Crippen LogP contribution in [-0.2, 0) is 26.5 Å². The molecule has 104 valence electrons. The maximum atomic E-state index is 11.6. The summed E-state index contributed by atoms with van der Waals surface area (Å²) < 4.78 is 7.68. The lowest BCUT2D eigenvalue weighted by atomic mass is 10.1. The number of carbonyl (C=O) groups excluding carboxylic acids is 1. The normalized spacial score (nSPS) is 13.6. The lowest BCUT2D eigenvalue weighted by Gasteiger charge is -2.07. The minimum atomic E-state index is 0.241. The predicted octanol–water partition coefficient (Wildman–Crippen LogP) is 2.69. The van der Waals surface area contributed by atoms with E-state index in [1.807, 2.05) is 29.9 Å². The van der Waals surface area contributed by atoms with Crippen LogP contribution in [0.15, 0.2) is 24.3 Å². The molecule has 1 aromatic heterocycles. The SMILES string of the molecule is CCc1cc(COc2ccc3c(c2)CCC3=O)n(C)n1. The van der Waals surface area contributed by atoms with Gasteiger partial charge >= 0.3 is 0 Å². The molecule has 0 radical (unpaired) electrons. The molecule has 0 atom stereocenters. The quantitative estimate of drug-likeness (QED) is 0.858. The molecule has 1 aliphatic rings. The number of Topliss-reactive ketones (excluding diaryl/α,β-unsaturated/α-hetero) is 1. The van der Waals surface area contributed by atoms with Crippen molar-refractivity contribution in [2.75, 3.05) is 0 Å². The number of carbonyl (C=O) groups is 1. The number of aromatic nitrogens is 2. The Bertz CT molecular complexity index is 658. The minimum Gasteiger partial charge on any atom is -0.487 e. The average Bonchev–Trinajstić information content (AvgIpc) is 3.00. The molecule has 0 unspecified atom stereocenters. The van der Waals surface area contributed by atoms with E-state index in [9.17, 15) is 4.79 Å². The van der Waals surface area contributed by atoms with Crippen molar-refractivity contribution in [1.29, 1.82) is 0 Å². The van der Waals surface area contributed by atoms with E-state index in [-0.39, 0.29) is 5.78 Å². The molecule has 0 bridgehead atoms. The highest BCUT2D eigenvalue weighted by Gasteiger charge is 2.19. The Labute approximate surface area is 118 Å². The number of ether oxygens (including phenoxy) is 1. The zero-order chi connectivity index (χ0) is 14.1. The molecule has 20 heavy (non-hydrogen) atoms. The fourth-order valence-electron chi connectivity index (χ4n) is 2.56. The molecule has 0 fully saturated rings. The van der Waals surface area contributed by atoms with Gasteiger partial charge in [-0.2, -0.15) is 5.10 Å². The van der Waals surface area contributed by atoms with Crippen LogP contribution < -0.4 is 4.74 Å². The molecule has 0 saturated carbocycles. The highest BCUT2D eigenvalue weighted by molar-refractivity contribution is 6.00. The summed E-state index contributed by atoms with van der Waals surface area (Å²) >= 11 is 0. The molecule has 0 amide bonds. The van der Waals surface area contributed by atoms with Crippen LogP contribution >= 0.6 is 0 Å². The first-order valence-corrected chi connectivity index (χ1v) is 6.98. The van der Waals surface area contributed by atoms with Gasteiger partial charge in [-0.25, -0.2) is 0 Å². The van der Waals surface area contributed by atoms with Gasteiger partial charge in [-0.05, 0) is 42.7 Å². The highest BCUT2D eigenvalue weighted by atomic mass is 16.5. The van der Waals surface area contributed by atoms with Crippen LogP contribution in [0.25, 0.3) is 0 Å². The number of ketones is 1. The topological polar surface area (TPSA) is 44.1 Å². The maximum Gasteiger partial charge on any atom is 0.163 e. The van der Waals surface area contributed by atoms with Gasteiger partial charge in [-0.3, -0.25) is 9.48 Å². The summed E-state index contributed by atoms with van der Waals surface area (Å²) in [6.07, 6.45) is 2.38. The Morgan fingerprint density at radius 2 is 2.15 bits per heavy atom. The fraction of sp³-hybridized carbons (Fsp3) is 0.375. The molecule has 1 heterocycles. The second kappa shape index (κ2) is 5.12. The van der Waals surface area contributed by atoms with E-state index in [1.165, 1.54) is 0 Å². The number of hydrogen-bond donors (Lipinski definition) is 0. The summed E-state index contributed by atoms with van der Waals surface area (Å²) in [6.45, 7) is 2.58. The summed E-state index contributed by atoms with van der Waals surface area (Å²) in [4.78, 5) is 11.6. The zero-order valence-corrected chi connectivity index (χ0v) is 11.8. The number of rotatable bonds is 4. The largest absolute Gasteiger partial charge is 0.487 e. The summed E-state index contributed by atoms with van der Waals surface area (Å²) in [5.41, 5.74) is 4.09. The molecular weight excluding hydrogens is 252 g/mol. The maximum absolute atomic E-state index is 11.6. The van der Waals surface area contributed by atoms with E-state index < -0.39 is 0 Å². The summed E-state index contributed by atoms with van der Waals surface area (Å²) in [5.74, 6) is 1.06. The van der Waals surface area contributed by atoms with Crippen molar-refractivity contribution in [3.05, 3.63) is 46.8 Å². The van der Waals surface area contributed by atoms with Crippen LogP contribution in [0.2, 0.25) is 0 Å². The standard InChI is InChI=1S/C16H18N2O2/c1-3-12-9-13(18(2)17-12)10-20-14-5-6-15-11(8-14)4-7-16(15)19/h5-6,8-9H,3-4,7,10H2,1-2H3. The first-order valence-electron chi connectivity index (χ1n) is 6.98. The summed E-state index contributed by atoms with van der Waals surface area (Å²) in [6, 6.07) is 7.80. The Hall–Kier alpha value is -2.10. The third-order valence-electron chi connectivity index (χ3n) is 3.77. The van der Waals surface area contributed by atoms with Gasteiger partial charge < -0.3 is 4.74 Å². The van der Waals surface area contributed by atoms with Gasteiger partial charge in [-0.1, -0.05) is 6.92 Å². The van der Waals surface area contributed by atoms with Gasteiger partial charge in [-0.15, -0.1) is 0 Å². The second-order valence-corrected chi connectivity index (χ2v) is 5.13. The van der Waals surface area contributed by atoms with Gasteiger partial charge in [0, 0.05) is 19.0 Å². The summed E-state index contributed by atoms with van der Waals surface area (Å²) in [5, 5.41) is 4.40. The van der Waals surface area contributed by atoms with E-state index >= 15 is 0 Å². The Morgan fingerprint density at radius 3 is 2.90 bits per heavy atom. The molecule has 1 aromatic carbocycles. The van der Waals surface area contributed by atoms with E-state index in [4.69, 9.17) is 4.74 Å². The lowest BCUT2D eigenvalue weighted by Crippen LogP contribution is -2.03. The highest BCUT2D eigenvalue weighted by Crippen LogP contribution is 2.26. The molecule has 2 aromatic rings. The Kier molecular flexibility index (Phi) is 3.30. The Balaban J connectivity index is 1.72. The smallest absolute Gasteiger partial charge is 0.163 e. The van der Waals surface area contributed by atoms with E-state index in [2.05, 4.69) is 18.1 Å². The van der Waals surface area contributed by atoms with Crippen molar-refractivity contribution in [2.45, 2.75) is 32.8 Å². The molecule has 0 saturated heterocycles. The van der Waals surface area contributed by atoms with Gasteiger partial charge in [0.25, 0.3) is 0 Å². The molecule has 1 aliphatic carbocycles. The van der Waals surface area contributed by atoms with Gasteiger partial charge in [0.1, 0.15) is 12.4 Å². The van der Waals surface area contributed by atoms with Crippen molar-refractivity contribution in [2.24, 2.45) is 7.05 Å².